The van der Waals surface area contributed by atoms with Crippen LogP contribution in [0.15, 0.2) is 158 Å². The molecule has 7 aromatic carbocycles. The lowest BCUT2D eigenvalue weighted by atomic mass is 9.83. The van der Waals surface area contributed by atoms with E-state index in [1.165, 1.54) is 86.5 Å². The Bertz CT molecular complexity index is 3250. The molecular weight excluding hydrogens is 683 g/mol. The van der Waals surface area contributed by atoms with Gasteiger partial charge in [-0.3, -0.25) is 4.57 Å². The van der Waals surface area contributed by atoms with Gasteiger partial charge in [0.25, 0.3) is 0 Å². The molecule has 266 valence electrons. The molecule has 0 saturated heterocycles. The van der Waals surface area contributed by atoms with Crippen molar-refractivity contribution in [2.45, 2.75) is 38.0 Å². The first kappa shape index (κ1) is 31.5. The number of para-hydroxylation sites is 4. The molecule has 0 radical (unpaired) electrons. The van der Waals surface area contributed by atoms with Crippen molar-refractivity contribution in [2.24, 2.45) is 0 Å². The molecule has 5 nitrogen and oxygen atoms in total. The fraction of sp³-hybridized carbons (Fsp3) is 0.118. The quantitative estimate of drug-likeness (QED) is 0.178. The average Bonchev–Trinajstić information content (AvgIpc) is 3.92. The second-order valence-electron chi connectivity index (χ2n) is 15.4. The number of hydrogen-bond acceptors (Lipinski definition) is 3. The fourth-order valence-corrected chi connectivity index (χ4v) is 9.75. The largest absolute Gasteiger partial charge is 0.308 e. The van der Waals surface area contributed by atoms with Crippen molar-refractivity contribution >= 4 is 59.9 Å². The average molecular weight is 720 g/mol. The monoisotopic (exact) mass is 719 g/mol. The van der Waals surface area contributed by atoms with Gasteiger partial charge in [0.15, 0.2) is 11.6 Å². The second-order valence-corrected chi connectivity index (χ2v) is 15.4. The lowest BCUT2D eigenvalue weighted by Gasteiger charge is -2.22. The van der Waals surface area contributed by atoms with Gasteiger partial charge in [0.2, 0.25) is 5.95 Å². The van der Waals surface area contributed by atoms with Crippen molar-refractivity contribution in [3.05, 3.63) is 163 Å². The Morgan fingerprint density at radius 2 is 1.00 bits per heavy atom. The molecule has 0 atom stereocenters. The Kier molecular flexibility index (Phi) is 6.94. The van der Waals surface area contributed by atoms with E-state index in [2.05, 4.69) is 167 Å². The zero-order valence-corrected chi connectivity index (χ0v) is 30.9. The van der Waals surface area contributed by atoms with Gasteiger partial charge in [-0.25, -0.2) is 4.98 Å². The number of benzene rings is 7. The predicted molar refractivity (Wildman–Crippen MR) is 231 cm³/mol. The first-order chi connectivity index (χ1) is 27.8. The van der Waals surface area contributed by atoms with Crippen LogP contribution in [-0.4, -0.2) is 23.9 Å². The summed E-state index contributed by atoms with van der Waals surface area (Å²) in [6.45, 7) is 0. The summed E-state index contributed by atoms with van der Waals surface area (Å²) in [5, 5.41) is 7.44. The SMILES string of the molecule is c1cc(-c2nc(-c3ccccc3-c3ccc4c(c3)c3cccc5c6ccccc6n4c53)nc(-n3c4ccccc4c4ccccc43)n2)cc(C2CCCCC2)c1. The number of fused-ring (bicyclic) bond motifs is 9. The summed E-state index contributed by atoms with van der Waals surface area (Å²) < 4.78 is 4.64. The van der Waals surface area contributed by atoms with Crippen molar-refractivity contribution in [1.82, 2.24) is 23.9 Å². The van der Waals surface area contributed by atoms with E-state index in [9.17, 15) is 0 Å². The minimum absolute atomic E-state index is 0.577. The summed E-state index contributed by atoms with van der Waals surface area (Å²) in [5.41, 5.74) is 11.5. The van der Waals surface area contributed by atoms with Crippen LogP contribution in [0.2, 0.25) is 0 Å². The van der Waals surface area contributed by atoms with Gasteiger partial charge in [0.1, 0.15) is 0 Å². The highest BCUT2D eigenvalue weighted by molar-refractivity contribution is 6.23. The first-order valence-electron chi connectivity index (χ1n) is 19.9. The van der Waals surface area contributed by atoms with Crippen LogP contribution in [0.25, 0.3) is 99.8 Å². The van der Waals surface area contributed by atoms with E-state index in [0.717, 1.165) is 33.3 Å². The summed E-state index contributed by atoms with van der Waals surface area (Å²) in [5.74, 6) is 2.54. The highest BCUT2D eigenvalue weighted by atomic mass is 15.2. The van der Waals surface area contributed by atoms with Crippen molar-refractivity contribution < 1.29 is 0 Å². The third kappa shape index (κ3) is 4.70. The van der Waals surface area contributed by atoms with Crippen LogP contribution in [0, 0.1) is 0 Å². The zero-order chi connectivity index (χ0) is 36.7. The number of aromatic nitrogens is 5. The maximum atomic E-state index is 5.37. The van der Waals surface area contributed by atoms with Crippen LogP contribution in [0.5, 0.6) is 0 Å². The molecule has 0 amide bonds. The molecule has 4 aromatic heterocycles. The van der Waals surface area contributed by atoms with Crippen LogP contribution < -0.4 is 0 Å². The van der Waals surface area contributed by atoms with Gasteiger partial charge in [-0.2, -0.15) is 9.97 Å². The maximum Gasteiger partial charge on any atom is 0.238 e. The van der Waals surface area contributed by atoms with E-state index in [-0.39, 0.29) is 0 Å². The first-order valence-corrected chi connectivity index (χ1v) is 19.9. The molecule has 0 spiro atoms. The Hall–Kier alpha value is -6.85. The molecule has 0 bridgehead atoms. The van der Waals surface area contributed by atoms with Crippen molar-refractivity contribution in [2.75, 3.05) is 0 Å². The van der Waals surface area contributed by atoms with E-state index in [0.29, 0.717) is 23.5 Å². The molecule has 1 aliphatic rings. The second kappa shape index (κ2) is 12.3. The van der Waals surface area contributed by atoms with Crippen LogP contribution in [-0.2, 0) is 0 Å². The fourth-order valence-electron chi connectivity index (χ4n) is 9.75. The third-order valence-electron chi connectivity index (χ3n) is 12.3. The smallest absolute Gasteiger partial charge is 0.238 e. The van der Waals surface area contributed by atoms with E-state index in [1.807, 2.05) is 0 Å². The van der Waals surface area contributed by atoms with Crippen molar-refractivity contribution in [1.29, 1.82) is 0 Å². The van der Waals surface area contributed by atoms with E-state index in [1.54, 1.807) is 0 Å². The standard InChI is InChI=1S/C51H37N5/c1-2-14-32(15-3-1)33-16-12-17-35(30-33)49-52-50(54-51(53-49)56-45-26-10-6-19-37(45)38-20-7-11-27-46(38)56)42-22-5-4-18-36(42)34-28-29-47-43(31-34)41-24-13-23-40-39-21-8-9-25-44(39)55(47)48(40)41/h4-13,16-32H,1-3,14-15H2. The lowest BCUT2D eigenvalue weighted by Crippen LogP contribution is -2.07. The van der Waals surface area contributed by atoms with Crippen LogP contribution in [0.3, 0.4) is 0 Å². The molecule has 12 rings (SSSR count). The van der Waals surface area contributed by atoms with Crippen molar-refractivity contribution in [3.63, 3.8) is 0 Å². The highest BCUT2D eigenvalue weighted by Gasteiger charge is 2.22. The lowest BCUT2D eigenvalue weighted by molar-refractivity contribution is 0.443. The molecule has 0 unspecified atom stereocenters. The molecule has 11 aromatic rings. The Balaban J connectivity index is 1.08. The summed E-state index contributed by atoms with van der Waals surface area (Å²) in [4.78, 5) is 16.0. The van der Waals surface area contributed by atoms with Crippen LogP contribution in [0.1, 0.15) is 43.6 Å². The molecule has 0 N–H and O–H groups in total. The van der Waals surface area contributed by atoms with Gasteiger partial charge in [-0.15, -0.1) is 0 Å². The van der Waals surface area contributed by atoms with Gasteiger partial charge in [-0.05, 0) is 71.8 Å². The topological polar surface area (TPSA) is 48.0 Å². The van der Waals surface area contributed by atoms with E-state index >= 15 is 0 Å². The van der Waals surface area contributed by atoms with Gasteiger partial charge in [0.05, 0.1) is 27.6 Å². The Morgan fingerprint density at radius 1 is 0.411 bits per heavy atom. The number of hydrogen-bond donors (Lipinski definition) is 0. The normalized spacial score (nSPS) is 14.0. The predicted octanol–water partition coefficient (Wildman–Crippen LogP) is 13.2. The third-order valence-corrected chi connectivity index (χ3v) is 12.3. The Labute approximate surface area is 323 Å². The van der Waals surface area contributed by atoms with Gasteiger partial charge < -0.3 is 4.40 Å². The molecule has 0 aliphatic heterocycles. The summed E-state index contributed by atoms with van der Waals surface area (Å²) in [6, 6.07) is 57.0. The number of rotatable bonds is 5. The zero-order valence-electron chi connectivity index (χ0n) is 30.9. The minimum atomic E-state index is 0.577. The molecule has 5 heteroatoms. The Morgan fingerprint density at radius 3 is 1.77 bits per heavy atom. The maximum absolute atomic E-state index is 5.37. The molecule has 56 heavy (non-hydrogen) atoms. The van der Waals surface area contributed by atoms with Crippen molar-refractivity contribution in [3.8, 4) is 39.9 Å². The summed E-state index contributed by atoms with van der Waals surface area (Å²) in [7, 11) is 0. The molecule has 1 saturated carbocycles. The number of nitrogens with zero attached hydrogens (tertiary/aromatic N) is 5. The molecular formula is C51H37N5. The highest BCUT2D eigenvalue weighted by Crippen LogP contribution is 2.42. The minimum Gasteiger partial charge on any atom is -0.308 e. The molecule has 4 heterocycles. The summed E-state index contributed by atoms with van der Waals surface area (Å²) in [6.07, 6.45) is 6.39. The van der Waals surface area contributed by atoms with Gasteiger partial charge >= 0.3 is 0 Å². The van der Waals surface area contributed by atoms with Crippen LogP contribution in [0.4, 0.5) is 0 Å². The van der Waals surface area contributed by atoms with Gasteiger partial charge in [-0.1, -0.05) is 141 Å². The van der Waals surface area contributed by atoms with E-state index < -0.39 is 0 Å². The summed E-state index contributed by atoms with van der Waals surface area (Å²) >= 11 is 0. The molecule has 1 fully saturated rings. The van der Waals surface area contributed by atoms with E-state index in [4.69, 9.17) is 15.0 Å². The van der Waals surface area contributed by atoms with Crippen LogP contribution >= 0.6 is 0 Å². The molecule has 1 aliphatic carbocycles. The van der Waals surface area contributed by atoms with Gasteiger partial charge in [0, 0.05) is 43.4 Å².